The van der Waals surface area contributed by atoms with Crippen LogP contribution < -0.4 is 0 Å². The summed E-state index contributed by atoms with van der Waals surface area (Å²) in [5, 5.41) is 0. The minimum atomic E-state index is 0.214. The summed E-state index contributed by atoms with van der Waals surface area (Å²) < 4.78 is 5.38. The summed E-state index contributed by atoms with van der Waals surface area (Å²) in [6.45, 7) is 10.3. The van der Waals surface area contributed by atoms with Crippen LogP contribution in [0.3, 0.4) is 0 Å². The second kappa shape index (κ2) is 14.4. The van der Waals surface area contributed by atoms with Crippen LogP contribution in [0.5, 0.6) is 0 Å². The van der Waals surface area contributed by atoms with Crippen molar-refractivity contribution < 1.29 is 9.53 Å². The number of nitrogens with zero attached hydrogens (tertiary/aromatic N) is 1. The van der Waals surface area contributed by atoms with Crippen LogP contribution in [0.25, 0.3) is 0 Å². The predicted octanol–water partition coefficient (Wildman–Crippen LogP) is 3.09. The maximum absolute atomic E-state index is 11.3. The van der Waals surface area contributed by atoms with Gasteiger partial charge in [0.2, 0.25) is 5.91 Å². The number of unbranched alkanes of at least 4 members (excludes halogenated alkanes) is 1. The van der Waals surface area contributed by atoms with E-state index >= 15 is 0 Å². The van der Waals surface area contributed by atoms with E-state index in [2.05, 4.69) is 6.92 Å². The minimum absolute atomic E-state index is 0.214. The maximum Gasteiger partial charge on any atom is 0.222 e. The third-order valence-electron chi connectivity index (χ3n) is 2.10. The summed E-state index contributed by atoms with van der Waals surface area (Å²) in [6, 6.07) is 0. The summed E-state index contributed by atoms with van der Waals surface area (Å²) >= 11 is 0. The molecule has 0 atom stereocenters. The van der Waals surface area contributed by atoms with Crippen molar-refractivity contribution in [1.82, 2.24) is 4.90 Å². The van der Waals surface area contributed by atoms with E-state index in [4.69, 9.17) is 4.74 Å². The largest absolute Gasteiger partial charge is 0.380 e. The Balaban J connectivity index is 0. The van der Waals surface area contributed by atoms with Crippen LogP contribution >= 0.6 is 0 Å². The van der Waals surface area contributed by atoms with Gasteiger partial charge in [-0.15, -0.1) is 0 Å². The molecule has 0 saturated heterocycles. The van der Waals surface area contributed by atoms with Crippen LogP contribution in [-0.4, -0.2) is 37.6 Å². The van der Waals surface area contributed by atoms with Gasteiger partial charge < -0.3 is 9.64 Å². The van der Waals surface area contributed by atoms with Gasteiger partial charge in [0.1, 0.15) is 0 Å². The standard InChI is InChI=1S/C11H23NO2.C2H6/c1-4-6-9-14-10-8-12(3)11(13)7-5-2;1-2/h4-10H2,1-3H3;1-2H3. The van der Waals surface area contributed by atoms with Crippen molar-refractivity contribution in [2.75, 3.05) is 26.8 Å². The highest BCUT2D eigenvalue weighted by atomic mass is 16.5. The molecular formula is C13H29NO2. The maximum atomic E-state index is 11.3. The first-order chi connectivity index (χ1) is 7.72. The Hall–Kier alpha value is -0.570. The number of rotatable bonds is 8. The van der Waals surface area contributed by atoms with Gasteiger partial charge in [-0.1, -0.05) is 34.1 Å². The summed E-state index contributed by atoms with van der Waals surface area (Å²) in [5.41, 5.74) is 0. The van der Waals surface area contributed by atoms with Crippen LogP contribution in [0.4, 0.5) is 0 Å². The Bertz CT molecular complexity index is 149. The van der Waals surface area contributed by atoms with Crippen molar-refractivity contribution in [3.8, 4) is 0 Å². The lowest BCUT2D eigenvalue weighted by Gasteiger charge is -2.16. The van der Waals surface area contributed by atoms with E-state index in [0.29, 0.717) is 19.6 Å². The second-order valence-electron chi connectivity index (χ2n) is 3.53. The van der Waals surface area contributed by atoms with Crippen molar-refractivity contribution >= 4 is 5.91 Å². The van der Waals surface area contributed by atoms with E-state index in [1.54, 1.807) is 4.90 Å². The van der Waals surface area contributed by atoms with Gasteiger partial charge in [-0.05, 0) is 12.8 Å². The molecule has 0 aliphatic rings. The fraction of sp³-hybridized carbons (Fsp3) is 0.923. The quantitative estimate of drug-likeness (QED) is 0.601. The number of carbonyl (C=O) groups is 1. The lowest BCUT2D eigenvalue weighted by Crippen LogP contribution is -2.29. The lowest BCUT2D eigenvalue weighted by molar-refractivity contribution is -0.130. The zero-order valence-corrected chi connectivity index (χ0v) is 11.7. The molecule has 0 unspecified atom stereocenters. The van der Waals surface area contributed by atoms with E-state index in [9.17, 15) is 4.79 Å². The molecule has 0 rings (SSSR count). The van der Waals surface area contributed by atoms with E-state index in [1.165, 1.54) is 0 Å². The molecule has 0 fully saturated rings. The van der Waals surface area contributed by atoms with E-state index in [-0.39, 0.29) is 5.91 Å². The smallest absolute Gasteiger partial charge is 0.222 e. The van der Waals surface area contributed by atoms with E-state index in [1.807, 2.05) is 27.8 Å². The topological polar surface area (TPSA) is 29.5 Å². The Labute approximate surface area is 101 Å². The first-order valence-corrected chi connectivity index (χ1v) is 6.54. The molecule has 0 aromatic heterocycles. The Morgan fingerprint density at radius 3 is 2.25 bits per heavy atom. The molecule has 0 aliphatic heterocycles. The molecule has 0 N–H and O–H groups in total. The van der Waals surface area contributed by atoms with Gasteiger partial charge in [0.05, 0.1) is 6.61 Å². The second-order valence-corrected chi connectivity index (χ2v) is 3.53. The summed E-state index contributed by atoms with van der Waals surface area (Å²) in [5.74, 6) is 0.214. The van der Waals surface area contributed by atoms with Crippen molar-refractivity contribution in [2.45, 2.75) is 53.4 Å². The fourth-order valence-electron chi connectivity index (χ4n) is 1.08. The molecule has 0 aromatic rings. The molecule has 0 aliphatic carbocycles. The molecule has 3 nitrogen and oxygen atoms in total. The molecule has 3 heteroatoms. The molecule has 16 heavy (non-hydrogen) atoms. The number of ether oxygens (including phenoxy) is 1. The molecule has 0 saturated carbocycles. The number of carbonyl (C=O) groups excluding carboxylic acids is 1. The average Bonchev–Trinajstić information content (AvgIpc) is 2.31. The van der Waals surface area contributed by atoms with Gasteiger partial charge in [0, 0.05) is 26.6 Å². The van der Waals surface area contributed by atoms with E-state index in [0.717, 1.165) is 25.9 Å². The van der Waals surface area contributed by atoms with Gasteiger partial charge in [-0.3, -0.25) is 4.79 Å². The number of hydrogen-bond acceptors (Lipinski definition) is 2. The minimum Gasteiger partial charge on any atom is -0.380 e. The highest BCUT2D eigenvalue weighted by molar-refractivity contribution is 5.75. The van der Waals surface area contributed by atoms with Gasteiger partial charge in [0.25, 0.3) is 0 Å². The van der Waals surface area contributed by atoms with Crippen LogP contribution in [0, 0.1) is 0 Å². The zero-order valence-electron chi connectivity index (χ0n) is 11.7. The van der Waals surface area contributed by atoms with Gasteiger partial charge in [0.15, 0.2) is 0 Å². The van der Waals surface area contributed by atoms with Gasteiger partial charge in [-0.25, -0.2) is 0 Å². The number of hydrogen-bond donors (Lipinski definition) is 0. The van der Waals surface area contributed by atoms with Gasteiger partial charge >= 0.3 is 0 Å². The van der Waals surface area contributed by atoms with Crippen LogP contribution in [0.1, 0.15) is 53.4 Å². The lowest BCUT2D eigenvalue weighted by atomic mass is 10.3. The fourth-order valence-corrected chi connectivity index (χ4v) is 1.08. The monoisotopic (exact) mass is 231 g/mol. The van der Waals surface area contributed by atoms with Crippen molar-refractivity contribution in [1.29, 1.82) is 0 Å². The Morgan fingerprint density at radius 1 is 1.12 bits per heavy atom. The third kappa shape index (κ3) is 11.5. The first kappa shape index (κ1) is 17.8. The predicted molar refractivity (Wildman–Crippen MR) is 69.6 cm³/mol. The summed E-state index contributed by atoms with van der Waals surface area (Å²) in [7, 11) is 1.83. The SMILES string of the molecule is CC.CCCCOCCN(C)C(=O)CCC. The molecule has 0 spiro atoms. The molecular weight excluding hydrogens is 202 g/mol. The normalized spacial score (nSPS) is 9.31. The number of amides is 1. The summed E-state index contributed by atoms with van der Waals surface area (Å²) in [4.78, 5) is 13.1. The number of likely N-dealkylation sites (N-methyl/N-ethyl adjacent to an activating group) is 1. The van der Waals surface area contributed by atoms with E-state index < -0.39 is 0 Å². The highest BCUT2D eigenvalue weighted by Crippen LogP contribution is 1.95. The van der Waals surface area contributed by atoms with Gasteiger partial charge in [-0.2, -0.15) is 0 Å². The van der Waals surface area contributed by atoms with Crippen LogP contribution in [0.15, 0.2) is 0 Å². The Morgan fingerprint density at radius 2 is 1.75 bits per heavy atom. The average molecular weight is 231 g/mol. The molecule has 0 bridgehead atoms. The third-order valence-corrected chi connectivity index (χ3v) is 2.10. The highest BCUT2D eigenvalue weighted by Gasteiger charge is 2.05. The molecule has 1 amide bonds. The zero-order chi connectivity index (χ0) is 12.8. The molecule has 0 aromatic carbocycles. The first-order valence-electron chi connectivity index (χ1n) is 6.54. The van der Waals surface area contributed by atoms with Crippen LogP contribution in [0.2, 0.25) is 0 Å². The molecule has 98 valence electrons. The van der Waals surface area contributed by atoms with Crippen molar-refractivity contribution in [2.24, 2.45) is 0 Å². The van der Waals surface area contributed by atoms with Crippen LogP contribution in [-0.2, 0) is 9.53 Å². The molecule has 0 heterocycles. The summed E-state index contributed by atoms with van der Waals surface area (Å²) in [6.07, 6.45) is 3.82. The molecule has 0 radical (unpaired) electrons. The van der Waals surface area contributed by atoms with Crippen molar-refractivity contribution in [3.63, 3.8) is 0 Å². The van der Waals surface area contributed by atoms with Crippen molar-refractivity contribution in [3.05, 3.63) is 0 Å². The Kier molecular flexibility index (Phi) is 16.1.